The highest BCUT2D eigenvalue weighted by molar-refractivity contribution is 6.24. The van der Waals surface area contributed by atoms with Crippen molar-refractivity contribution >= 4 is 66.9 Å². The van der Waals surface area contributed by atoms with Crippen LogP contribution in [0.2, 0.25) is 0 Å². The molecule has 0 atom stereocenters. The van der Waals surface area contributed by atoms with Crippen LogP contribution in [-0.4, -0.2) is 66.1 Å². The summed E-state index contributed by atoms with van der Waals surface area (Å²) in [6.07, 6.45) is 51.8. The van der Waals surface area contributed by atoms with Gasteiger partial charge in [-0.3, -0.25) is 0 Å². The molecule has 0 radical (unpaired) electrons. The lowest BCUT2D eigenvalue weighted by Gasteiger charge is -2.25. The summed E-state index contributed by atoms with van der Waals surface area (Å²) >= 11 is 0. The molecule has 6 N–H and O–H groups in total. The molecule has 12 nitrogen and oxygen atoms in total. The molecule has 9 rings (SSSR count). The Morgan fingerprint density at radius 2 is 0.457 bits per heavy atom. The zero-order chi connectivity index (χ0) is 63.6. The summed E-state index contributed by atoms with van der Waals surface area (Å²) in [5, 5.41) is 20.8. The van der Waals surface area contributed by atoms with Crippen LogP contribution in [0, 0.1) is 0 Å². The molecule has 2 aliphatic heterocycles. The summed E-state index contributed by atoms with van der Waals surface area (Å²) in [4.78, 5) is 40.5. The second kappa shape index (κ2) is 39.9. The first-order chi connectivity index (χ1) is 45.6. The zero-order valence-corrected chi connectivity index (χ0v) is 57.7. The van der Waals surface area contributed by atoms with Gasteiger partial charge in [-0.25, -0.2) is 29.9 Å². The molecule has 0 amide bonds. The number of benzene rings is 4. The Hall–Kier alpha value is -6.56. The number of aromatic nitrogens is 8. The molecule has 7 aromatic rings. The Morgan fingerprint density at radius 1 is 0.239 bits per heavy atom. The molecule has 8 bridgehead atoms. The summed E-state index contributed by atoms with van der Waals surface area (Å²) in [5.74, 6) is 2.45. The summed E-state index contributed by atoms with van der Waals surface area (Å²) in [6, 6.07) is 25.2. The second-order valence-corrected chi connectivity index (χ2v) is 26.9. The Bertz CT molecular complexity index is 3230. The normalized spacial score (nSPS) is 11.9. The van der Waals surface area contributed by atoms with Gasteiger partial charge in [-0.1, -0.05) is 332 Å². The third-order valence-electron chi connectivity index (χ3n) is 19.3. The smallest absolute Gasteiger partial charge is 0.164 e. The number of rotatable bonds is 48. The van der Waals surface area contributed by atoms with Crippen molar-refractivity contribution < 1.29 is 0 Å². The van der Waals surface area contributed by atoms with Crippen LogP contribution >= 0.6 is 0 Å². The number of aromatic amines is 2. The molecule has 0 unspecified atom stereocenters. The molecule has 2 aliphatic rings. The predicted octanol–water partition coefficient (Wildman–Crippen LogP) is 24.2. The first-order valence-electron chi connectivity index (χ1n) is 37.9. The number of fused-ring (bicyclic) bond motifs is 20. The molecule has 92 heavy (non-hydrogen) atoms. The molecule has 12 heteroatoms. The fraction of sp³-hybridized carbons (Fsp3) is 0.600. The van der Waals surface area contributed by atoms with Crippen molar-refractivity contribution in [3.05, 3.63) is 72.8 Å². The second-order valence-electron chi connectivity index (χ2n) is 26.9. The van der Waals surface area contributed by atoms with Crippen molar-refractivity contribution in [2.45, 2.75) is 285 Å². The summed E-state index contributed by atoms with van der Waals surface area (Å²) in [5.41, 5.74) is 11.0. The standard InChI is InChI=1S/C80H118N12/c1-5-9-13-17-21-25-29-33-37-47-57-81-69-67-68(80-91-78-66-56-46-44-54-64(66)76(89-78)87-74-62-52-42-41-51-61(62)73(85-74)86-75-63-53-43-45-55-65(63)77(88-75)90-79(67)92-80)70(82-58-48-38-34-30-26-22-18-14-10-6-2)72(84-60-50-40-36-32-28-24-20-16-12-8-4)71(69)83-59-49-39-35-31-27-23-19-15-11-7-3/h41-46,51-56,81-84H,5-40,47-50,57-60H2,1-4H3,(H2,85,86,87,88,89,90,91,92). The Kier molecular flexibility index (Phi) is 30.2. The van der Waals surface area contributed by atoms with E-state index in [2.05, 4.69) is 132 Å². The molecular formula is C80H118N12. The average molecular weight is 1250 g/mol. The topological polar surface area (TPSA) is 157 Å². The molecular weight excluding hydrogens is 1130 g/mol. The van der Waals surface area contributed by atoms with Gasteiger partial charge in [-0.15, -0.1) is 0 Å². The highest BCUT2D eigenvalue weighted by Crippen LogP contribution is 2.49. The summed E-state index contributed by atoms with van der Waals surface area (Å²) in [6.45, 7) is 12.7. The highest BCUT2D eigenvalue weighted by Gasteiger charge is 2.28. The van der Waals surface area contributed by atoms with Crippen LogP contribution < -0.4 is 21.3 Å². The number of anilines is 4. The molecule has 3 aromatic heterocycles. The third kappa shape index (κ3) is 20.5. The average Bonchev–Trinajstić information content (AvgIpc) is 1.54. The minimum atomic E-state index is 0.611. The Labute approximate surface area is 554 Å². The van der Waals surface area contributed by atoms with Crippen molar-refractivity contribution in [1.29, 1.82) is 0 Å². The molecule has 0 aliphatic carbocycles. The van der Waals surface area contributed by atoms with E-state index >= 15 is 0 Å². The number of nitrogens with one attached hydrogen (secondary N) is 6. The van der Waals surface area contributed by atoms with E-state index in [0.717, 1.165) is 118 Å². The van der Waals surface area contributed by atoms with Gasteiger partial charge in [0.05, 0.1) is 33.5 Å². The van der Waals surface area contributed by atoms with Gasteiger partial charge in [0.1, 0.15) is 22.6 Å². The molecule has 0 fully saturated rings. The Balaban J connectivity index is 1.19. The van der Waals surface area contributed by atoms with Crippen LogP contribution in [0.1, 0.15) is 285 Å². The minimum Gasteiger partial charge on any atom is -0.383 e. The largest absolute Gasteiger partial charge is 0.383 e. The van der Waals surface area contributed by atoms with Crippen molar-refractivity contribution in [2.24, 2.45) is 0 Å². The number of H-pyrrole nitrogens is 2. The van der Waals surface area contributed by atoms with Crippen molar-refractivity contribution in [2.75, 3.05) is 47.4 Å². The van der Waals surface area contributed by atoms with Crippen LogP contribution in [0.5, 0.6) is 0 Å². The SMILES string of the molecule is CCCCCCCCCCCCNc1c(NCCCCCCCCCCCC)c(NCCCCCCCCCCCC)c2c3nc4nc(nc5[nH]c(nc6nc(nc([nH]3)c2c1NCCCCCCCCCCCC)-c1ccccc1-6)c1ccccc51)-c1ccccc1-4. The molecule has 0 spiro atoms. The van der Waals surface area contributed by atoms with E-state index in [0.29, 0.717) is 45.9 Å². The van der Waals surface area contributed by atoms with Gasteiger partial charge in [0.25, 0.3) is 0 Å². The van der Waals surface area contributed by atoms with E-state index in [1.807, 2.05) is 0 Å². The predicted molar refractivity (Wildman–Crippen MR) is 397 cm³/mol. The molecule has 498 valence electrons. The van der Waals surface area contributed by atoms with Gasteiger partial charge in [-0.2, -0.15) is 0 Å². The summed E-state index contributed by atoms with van der Waals surface area (Å²) < 4.78 is 0. The lowest BCUT2D eigenvalue weighted by Crippen LogP contribution is -2.15. The first-order valence-corrected chi connectivity index (χ1v) is 37.9. The number of nitrogens with zero attached hydrogens (tertiary/aromatic N) is 6. The van der Waals surface area contributed by atoms with Crippen LogP contribution in [-0.2, 0) is 0 Å². The van der Waals surface area contributed by atoms with Gasteiger partial charge in [0.15, 0.2) is 23.3 Å². The summed E-state index contributed by atoms with van der Waals surface area (Å²) in [7, 11) is 0. The molecule has 5 heterocycles. The van der Waals surface area contributed by atoms with E-state index in [-0.39, 0.29) is 0 Å². The number of hydrogen-bond acceptors (Lipinski definition) is 10. The number of hydrogen-bond donors (Lipinski definition) is 6. The fourth-order valence-electron chi connectivity index (χ4n) is 13.9. The van der Waals surface area contributed by atoms with Crippen molar-refractivity contribution in [3.63, 3.8) is 0 Å². The van der Waals surface area contributed by atoms with E-state index in [1.165, 1.54) is 231 Å². The van der Waals surface area contributed by atoms with Gasteiger partial charge < -0.3 is 31.2 Å². The molecule has 4 aromatic carbocycles. The molecule has 0 saturated heterocycles. The third-order valence-corrected chi connectivity index (χ3v) is 19.3. The zero-order valence-electron chi connectivity index (χ0n) is 57.7. The Morgan fingerprint density at radius 3 is 0.728 bits per heavy atom. The van der Waals surface area contributed by atoms with Gasteiger partial charge >= 0.3 is 0 Å². The number of unbranched alkanes of at least 4 members (excludes halogenated alkanes) is 36. The van der Waals surface area contributed by atoms with Crippen molar-refractivity contribution in [1.82, 2.24) is 39.9 Å². The van der Waals surface area contributed by atoms with Gasteiger partial charge in [-0.05, 0) is 25.7 Å². The first kappa shape index (κ1) is 69.8. The van der Waals surface area contributed by atoms with Gasteiger partial charge in [0.2, 0.25) is 0 Å². The monoisotopic (exact) mass is 1250 g/mol. The van der Waals surface area contributed by atoms with Crippen LogP contribution in [0.15, 0.2) is 72.8 Å². The highest BCUT2D eigenvalue weighted by atomic mass is 15.1. The lowest BCUT2D eigenvalue weighted by atomic mass is 10.0. The van der Waals surface area contributed by atoms with Gasteiger partial charge in [0, 0.05) is 59.2 Å². The van der Waals surface area contributed by atoms with Crippen molar-refractivity contribution in [3.8, 4) is 45.6 Å². The van der Waals surface area contributed by atoms with E-state index < -0.39 is 0 Å². The molecule has 0 saturated carbocycles. The van der Waals surface area contributed by atoms with E-state index in [4.69, 9.17) is 29.9 Å². The van der Waals surface area contributed by atoms with Crippen LogP contribution in [0.25, 0.3) is 89.7 Å². The minimum absolute atomic E-state index is 0.611. The van der Waals surface area contributed by atoms with E-state index in [1.54, 1.807) is 0 Å². The maximum atomic E-state index is 5.73. The fourth-order valence-corrected chi connectivity index (χ4v) is 13.9. The maximum Gasteiger partial charge on any atom is 0.164 e. The van der Waals surface area contributed by atoms with Crippen LogP contribution in [0.4, 0.5) is 22.7 Å². The maximum absolute atomic E-state index is 5.73. The lowest BCUT2D eigenvalue weighted by molar-refractivity contribution is 0.559. The van der Waals surface area contributed by atoms with E-state index in [9.17, 15) is 0 Å². The quantitative estimate of drug-likeness (QED) is 0.0203. The van der Waals surface area contributed by atoms with Crippen LogP contribution in [0.3, 0.4) is 0 Å².